The molecule has 27 heavy (non-hydrogen) atoms. The average Bonchev–Trinajstić information content (AvgIpc) is 2.66. The highest BCUT2D eigenvalue weighted by Gasteiger charge is 2.18. The Hall–Kier alpha value is -2.60. The van der Waals surface area contributed by atoms with Gasteiger partial charge in [-0.05, 0) is 49.2 Å². The molecule has 2 rings (SSSR count). The zero-order chi connectivity index (χ0) is 19.8. The molecule has 142 valence electrons. The first-order valence-electron chi connectivity index (χ1n) is 8.58. The predicted molar refractivity (Wildman–Crippen MR) is 110 cm³/mol. The van der Waals surface area contributed by atoms with E-state index in [1.54, 1.807) is 20.1 Å². The van der Waals surface area contributed by atoms with Gasteiger partial charge in [0.2, 0.25) is 11.8 Å². The highest BCUT2D eigenvalue weighted by Crippen LogP contribution is 2.22. The Bertz CT molecular complexity index is 818. The van der Waals surface area contributed by atoms with E-state index in [-0.39, 0.29) is 17.9 Å². The lowest BCUT2D eigenvalue weighted by Crippen LogP contribution is -2.45. The zero-order valence-electron chi connectivity index (χ0n) is 15.5. The van der Waals surface area contributed by atoms with Crippen LogP contribution >= 0.6 is 15.9 Å². The summed E-state index contributed by atoms with van der Waals surface area (Å²) < 4.78 is 6.02. The van der Waals surface area contributed by atoms with E-state index in [1.807, 2.05) is 55.5 Å². The second-order valence-corrected chi connectivity index (χ2v) is 6.94. The molecule has 6 heteroatoms. The number of amides is 2. The standard InChI is InChI=1S/C21H23BrN2O3/c1-14(18-6-4-5-7-19(18)22)24-21(26)15(2)23-20(25)13-10-16-8-11-17(27-3)12-9-16/h4-15H,1-3H3,(H,23,25)(H,24,26)/b13-10+. The topological polar surface area (TPSA) is 67.4 Å². The maximum Gasteiger partial charge on any atom is 0.244 e. The van der Waals surface area contributed by atoms with E-state index in [9.17, 15) is 9.59 Å². The van der Waals surface area contributed by atoms with Gasteiger partial charge in [-0.15, -0.1) is 0 Å². The minimum Gasteiger partial charge on any atom is -0.497 e. The Kier molecular flexibility index (Phi) is 7.61. The van der Waals surface area contributed by atoms with Crippen molar-refractivity contribution in [3.8, 4) is 5.75 Å². The van der Waals surface area contributed by atoms with Crippen molar-refractivity contribution in [1.82, 2.24) is 10.6 Å². The summed E-state index contributed by atoms with van der Waals surface area (Å²) in [4.78, 5) is 24.4. The quantitative estimate of drug-likeness (QED) is 0.655. The second-order valence-electron chi connectivity index (χ2n) is 6.09. The molecule has 0 heterocycles. The lowest BCUT2D eigenvalue weighted by molar-refractivity contribution is -0.127. The number of hydrogen-bond acceptors (Lipinski definition) is 3. The van der Waals surface area contributed by atoms with Crippen LogP contribution in [-0.2, 0) is 9.59 Å². The molecule has 0 aliphatic carbocycles. The molecule has 0 fully saturated rings. The number of rotatable bonds is 7. The third-order valence-corrected chi connectivity index (χ3v) is 4.75. The summed E-state index contributed by atoms with van der Waals surface area (Å²) in [6.07, 6.45) is 3.09. The molecule has 2 aromatic carbocycles. The molecule has 0 aliphatic rings. The normalized spacial score (nSPS) is 13.0. The van der Waals surface area contributed by atoms with E-state index in [0.29, 0.717) is 0 Å². The fourth-order valence-electron chi connectivity index (χ4n) is 2.46. The summed E-state index contributed by atoms with van der Waals surface area (Å²) in [6.45, 7) is 3.55. The molecule has 2 atom stereocenters. The summed E-state index contributed by atoms with van der Waals surface area (Å²) in [5.74, 6) is 0.174. The summed E-state index contributed by atoms with van der Waals surface area (Å²) in [7, 11) is 1.60. The molecule has 2 aromatic rings. The average molecular weight is 431 g/mol. The van der Waals surface area contributed by atoms with Crippen molar-refractivity contribution in [2.75, 3.05) is 7.11 Å². The number of carbonyl (C=O) groups excluding carboxylic acids is 2. The van der Waals surface area contributed by atoms with Gasteiger partial charge in [0.15, 0.2) is 0 Å². The number of ether oxygens (including phenoxy) is 1. The van der Waals surface area contributed by atoms with Crippen LogP contribution in [0.4, 0.5) is 0 Å². The molecular weight excluding hydrogens is 408 g/mol. The number of halogens is 1. The summed E-state index contributed by atoms with van der Waals surface area (Å²) >= 11 is 3.48. The van der Waals surface area contributed by atoms with Crippen molar-refractivity contribution < 1.29 is 14.3 Å². The first kappa shape index (κ1) is 20.7. The third kappa shape index (κ3) is 6.25. The van der Waals surface area contributed by atoms with Crippen molar-refractivity contribution >= 4 is 33.8 Å². The molecule has 0 radical (unpaired) electrons. The van der Waals surface area contributed by atoms with Gasteiger partial charge in [-0.25, -0.2) is 0 Å². The lowest BCUT2D eigenvalue weighted by Gasteiger charge is -2.19. The minimum atomic E-state index is -0.650. The lowest BCUT2D eigenvalue weighted by atomic mass is 10.1. The Balaban J connectivity index is 1.88. The molecule has 2 N–H and O–H groups in total. The van der Waals surface area contributed by atoms with Gasteiger partial charge in [0.05, 0.1) is 13.2 Å². The van der Waals surface area contributed by atoms with Gasteiger partial charge in [0, 0.05) is 10.5 Å². The van der Waals surface area contributed by atoms with E-state index in [1.165, 1.54) is 6.08 Å². The van der Waals surface area contributed by atoms with E-state index >= 15 is 0 Å². The number of hydrogen-bond donors (Lipinski definition) is 2. The number of benzene rings is 2. The number of nitrogens with one attached hydrogen (secondary N) is 2. The molecule has 0 saturated heterocycles. The Morgan fingerprint density at radius 2 is 1.70 bits per heavy atom. The minimum absolute atomic E-state index is 0.178. The van der Waals surface area contributed by atoms with E-state index in [0.717, 1.165) is 21.3 Å². The molecule has 2 unspecified atom stereocenters. The first-order valence-corrected chi connectivity index (χ1v) is 9.37. The predicted octanol–water partition coefficient (Wildman–Crippen LogP) is 3.85. The van der Waals surface area contributed by atoms with Gasteiger partial charge in [0.1, 0.15) is 11.8 Å². The summed E-state index contributed by atoms with van der Waals surface area (Å²) in [5.41, 5.74) is 1.84. The van der Waals surface area contributed by atoms with Crippen molar-refractivity contribution in [2.24, 2.45) is 0 Å². The number of methoxy groups -OCH3 is 1. The van der Waals surface area contributed by atoms with Crippen LogP contribution in [0.25, 0.3) is 6.08 Å². The first-order chi connectivity index (χ1) is 12.9. The fraction of sp³-hybridized carbons (Fsp3) is 0.238. The van der Waals surface area contributed by atoms with Gasteiger partial charge >= 0.3 is 0 Å². The van der Waals surface area contributed by atoms with Crippen molar-refractivity contribution in [1.29, 1.82) is 0 Å². The third-order valence-electron chi connectivity index (χ3n) is 4.03. The molecule has 0 bridgehead atoms. The maximum absolute atomic E-state index is 12.3. The van der Waals surface area contributed by atoms with Crippen LogP contribution in [-0.4, -0.2) is 25.0 Å². The van der Waals surface area contributed by atoms with Crippen molar-refractivity contribution in [3.63, 3.8) is 0 Å². The largest absolute Gasteiger partial charge is 0.497 e. The van der Waals surface area contributed by atoms with Gasteiger partial charge < -0.3 is 15.4 Å². The van der Waals surface area contributed by atoms with Crippen molar-refractivity contribution in [3.05, 3.63) is 70.2 Å². The second kappa shape index (κ2) is 9.92. The van der Waals surface area contributed by atoms with Crippen LogP contribution < -0.4 is 15.4 Å². The molecule has 0 aliphatic heterocycles. The van der Waals surface area contributed by atoms with Crippen LogP contribution in [0.5, 0.6) is 5.75 Å². The maximum atomic E-state index is 12.3. The summed E-state index contributed by atoms with van der Waals surface area (Å²) in [5, 5.41) is 5.58. The summed E-state index contributed by atoms with van der Waals surface area (Å²) in [6, 6.07) is 14.2. The molecule has 0 aromatic heterocycles. The van der Waals surface area contributed by atoms with Gasteiger partial charge in [-0.2, -0.15) is 0 Å². The monoisotopic (exact) mass is 430 g/mol. The van der Waals surface area contributed by atoms with Crippen LogP contribution in [0, 0.1) is 0 Å². The van der Waals surface area contributed by atoms with E-state index in [2.05, 4.69) is 26.6 Å². The Morgan fingerprint density at radius 1 is 1.04 bits per heavy atom. The number of carbonyl (C=O) groups is 2. The SMILES string of the molecule is COc1ccc(/C=C/C(=O)NC(C)C(=O)NC(C)c2ccccc2Br)cc1. The van der Waals surface area contributed by atoms with E-state index < -0.39 is 6.04 Å². The van der Waals surface area contributed by atoms with Crippen LogP contribution in [0.1, 0.15) is 31.0 Å². The van der Waals surface area contributed by atoms with Crippen LogP contribution in [0.2, 0.25) is 0 Å². The molecule has 0 spiro atoms. The molecular formula is C21H23BrN2O3. The van der Waals surface area contributed by atoms with E-state index in [4.69, 9.17) is 4.74 Å². The van der Waals surface area contributed by atoms with Gasteiger partial charge in [0.25, 0.3) is 0 Å². The van der Waals surface area contributed by atoms with Crippen LogP contribution in [0.3, 0.4) is 0 Å². The molecule has 5 nitrogen and oxygen atoms in total. The van der Waals surface area contributed by atoms with Gasteiger partial charge in [-0.3, -0.25) is 9.59 Å². The molecule has 0 saturated carbocycles. The zero-order valence-corrected chi connectivity index (χ0v) is 17.1. The van der Waals surface area contributed by atoms with Gasteiger partial charge in [-0.1, -0.05) is 46.3 Å². The van der Waals surface area contributed by atoms with Crippen molar-refractivity contribution in [2.45, 2.75) is 25.9 Å². The Labute approximate surface area is 167 Å². The highest BCUT2D eigenvalue weighted by molar-refractivity contribution is 9.10. The Morgan fingerprint density at radius 3 is 2.33 bits per heavy atom. The fourth-order valence-corrected chi connectivity index (χ4v) is 3.08. The smallest absolute Gasteiger partial charge is 0.244 e. The molecule has 2 amide bonds. The van der Waals surface area contributed by atoms with Crippen LogP contribution in [0.15, 0.2) is 59.1 Å². The highest BCUT2D eigenvalue weighted by atomic mass is 79.9.